The van der Waals surface area contributed by atoms with E-state index >= 15 is 0 Å². The molecule has 0 saturated carbocycles. The largest absolute Gasteiger partial charge is 0.463 e. The number of nitrogens with zero attached hydrogens (tertiary/aromatic N) is 3. The Morgan fingerprint density at radius 2 is 1.46 bits per heavy atom. The minimum absolute atomic E-state index is 0.428. The van der Waals surface area contributed by atoms with Crippen LogP contribution in [-0.4, -0.2) is 26.5 Å². The van der Waals surface area contributed by atoms with Crippen LogP contribution in [0.2, 0.25) is 0 Å². The predicted octanol–water partition coefficient (Wildman–Crippen LogP) is 5.43. The summed E-state index contributed by atoms with van der Waals surface area (Å²) in [4.78, 5) is 15.5. The fourth-order valence-electron chi connectivity index (χ4n) is 2.90. The molecular formula is C19H32N4O. The highest BCUT2D eigenvalue weighted by atomic mass is 16.5. The second-order valence-electron chi connectivity index (χ2n) is 6.53. The summed E-state index contributed by atoms with van der Waals surface area (Å²) in [7, 11) is 0. The molecule has 0 aliphatic heterocycles. The van der Waals surface area contributed by atoms with E-state index in [0.717, 1.165) is 11.9 Å². The van der Waals surface area contributed by atoms with E-state index in [2.05, 4.69) is 26.9 Å². The van der Waals surface area contributed by atoms with Gasteiger partial charge in [-0.3, -0.25) is 0 Å². The molecule has 24 heavy (non-hydrogen) atoms. The molecule has 0 aliphatic rings. The number of hydrogen-bond donors (Lipinski definition) is 1. The normalized spacial score (nSPS) is 11.2. The minimum Gasteiger partial charge on any atom is -0.463 e. The Morgan fingerprint density at radius 1 is 0.833 bits per heavy atom. The molecule has 2 aromatic rings. The van der Waals surface area contributed by atoms with Crippen LogP contribution in [0.5, 0.6) is 6.01 Å². The molecule has 5 nitrogen and oxygen atoms in total. The Labute approximate surface area is 145 Å². The van der Waals surface area contributed by atoms with Crippen LogP contribution in [0.4, 0.5) is 0 Å². The van der Waals surface area contributed by atoms with Gasteiger partial charge in [0.2, 0.25) is 0 Å². The maximum absolute atomic E-state index is 5.60. The van der Waals surface area contributed by atoms with Crippen molar-refractivity contribution in [3.63, 3.8) is 0 Å². The van der Waals surface area contributed by atoms with Gasteiger partial charge in [-0.25, -0.2) is 9.97 Å². The highest BCUT2D eigenvalue weighted by molar-refractivity contribution is 5.68. The van der Waals surface area contributed by atoms with Gasteiger partial charge in [-0.1, -0.05) is 77.6 Å². The van der Waals surface area contributed by atoms with Gasteiger partial charge in [0.1, 0.15) is 5.52 Å². The van der Waals surface area contributed by atoms with Gasteiger partial charge < -0.3 is 9.72 Å². The Morgan fingerprint density at radius 3 is 2.12 bits per heavy atom. The average Bonchev–Trinajstić information content (AvgIpc) is 3.07. The van der Waals surface area contributed by atoms with Gasteiger partial charge >= 0.3 is 6.01 Å². The van der Waals surface area contributed by atoms with Gasteiger partial charge in [0.05, 0.1) is 19.1 Å². The molecule has 0 spiro atoms. The minimum atomic E-state index is 0.428. The van der Waals surface area contributed by atoms with E-state index in [4.69, 9.17) is 4.74 Å². The van der Waals surface area contributed by atoms with Crippen LogP contribution >= 0.6 is 0 Å². The Bertz CT molecular complexity index is 555. The zero-order valence-corrected chi connectivity index (χ0v) is 15.1. The first-order valence-corrected chi connectivity index (χ1v) is 9.69. The smallest absolute Gasteiger partial charge is 0.318 e. The molecule has 0 radical (unpaired) electrons. The van der Waals surface area contributed by atoms with Crippen LogP contribution < -0.4 is 4.74 Å². The number of rotatable bonds is 14. The summed E-state index contributed by atoms with van der Waals surface area (Å²) in [6, 6.07) is 0.428. The summed E-state index contributed by atoms with van der Waals surface area (Å²) in [5.74, 6) is 0. The first kappa shape index (κ1) is 18.7. The summed E-state index contributed by atoms with van der Waals surface area (Å²) < 4.78 is 5.60. The van der Waals surface area contributed by atoms with Crippen molar-refractivity contribution >= 4 is 11.2 Å². The van der Waals surface area contributed by atoms with Crippen LogP contribution in [-0.2, 0) is 0 Å². The zero-order chi connectivity index (χ0) is 16.9. The lowest BCUT2D eigenvalue weighted by Crippen LogP contribution is -2.01. The van der Waals surface area contributed by atoms with Crippen molar-refractivity contribution in [3.05, 3.63) is 12.5 Å². The zero-order valence-electron chi connectivity index (χ0n) is 15.1. The van der Waals surface area contributed by atoms with Crippen LogP contribution in [0, 0.1) is 0 Å². The molecule has 2 rings (SSSR count). The van der Waals surface area contributed by atoms with Crippen molar-refractivity contribution < 1.29 is 4.74 Å². The van der Waals surface area contributed by atoms with Crippen LogP contribution in [0.1, 0.15) is 84.0 Å². The molecule has 134 valence electrons. The molecule has 0 aliphatic carbocycles. The molecule has 0 fully saturated rings. The summed E-state index contributed by atoms with van der Waals surface area (Å²) in [6.45, 7) is 2.96. The third-order valence-corrected chi connectivity index (χ3v) is 4.38. The molecule has 2 heterocycles. The average molecular weight is 332 g/mol. The van der Waals surface area contributed by atoms with Crippen molar-refractivity contribution in [2.45, 2.75) is 84.0 Å². The Balaban J connectivity index is 1.39. The van der Waals surface area contributed by atoms with Crippen molar-refractivity contribution in [2.24, 2.45) is 0 Å². The number of H-pyrrole nitrogens is 1. The highest BCUT2D eigenvalue weighted by Gasteiger charge is 2.02. The second-order valence-corrected chi connectivity index (χ2v) is 6.53. The number of hydrogen-bond acceptors (Lipinski definition) is 4. The molecule has 0 unspecified atom stereocenters. The first-order valence-electron chi connectivity index (χ1n) is 9.69. The molecule has 0 bridgehead atoms. The summed E-state index contributed by atoms with van der Waals surface area (Å²) in [6.07, 6.45) is 19.5. The number of aromatic amines is 1. The number of aromatic nitrogens is 4. The summed E-state index contributed by atoms with van der Waals surface area (Å²) in [5.41, 5.74) is 1.50. The fourth-order valence-corrected chi connectivity index (χ4v) is 2.90. The van der Waals surface area contributed by atoms with E-state index in [9.17, 15) is 0 Å². The van der Waals surface area contributed by atoms with E-state index in [1.54, 1.807) is 12.5 Å². The molecule has 0 amide bonds. The lowest BCUT2D eigenvalue weighted by atomic mass is 10.1. The molecule has 1 N–H and O–H groups in total. The van der Waals surface area contributed by atoms with Gasteiger partial charge in [-0.2, -0.15) is 4.98 Å². The second kappa shape index (κ2) is 11.8. The molecule has 5 heteroatoms. The number of ether oxygens (including phenoxy) is 1. The summed E-state index contributed by atoms with van der Waals surface area (Å²) in [5, 5.41) is 0. The number of imidazole rings is 1. The van der Waals surface area contributed by atoms with E-state index < -0.39 is 0 Å². The maximum atomic E-state index is 5.60. The number of unbranched alkanes of at least 4 members (excludes halogenated alkanes) is 11. The topological polar surface area (TPSA) is 63.7 Å². The van der Waals surface area contributed by atoms with Gasteiger partial charge in [-0.05, 0) is 6.42 Å². The molecule has 0 atom stereocenters. The van der Waals surface area contributed by atoms with Gasteiger partial charge in [0.25, 0.3) is 0 Å². The van der Waals surface area contributed by atoms with Crippen LogP contribution in [0.3, 0.4) is 0 Å². The molecule has 2 aromatic heterocycles. The lowest BCUT2D eigenvalue weighted by Gasteiger charge is -2.04. The van der Waals surface area contributed by atoms with Crippen molar-refractivity contribution in [2.75, 3.05) is 6.61 Å². The fraction of sp³-hybridized carbons (Fsp3) is 0.737. The quantitative estimate of drug-likeness (QED) is 0.468. The van der Waals surface area contributed by atoms with E-state index in [1.807, 2.05) is 0 Å². The maximum Gasteiger partial charge on any atom is 0.318 e. The monoisotopic (exact) mass is 332 g/mol. The van der Waals surface area contributed by atoms with Gasteiger partial charge in [-0.15, -0.1) is 0 Å². The lowest BCUT2D eigenvalue weighted by molar-refractivity contribution is 0.282. The van der Waals surface area contributed by atoms with Gasteiger partial charge in [0.15, 0.2) is 5.65 Å². The van der Waals surface area contributed by atoms with Crippen molar-refractivity contribution in [1.29, 1.82) is 0 Å². The standard InChI is InChI=1S/C19H32N4O/c1-2-3-4-5-6-7-8-9-10-11-12-13-14-24-19-20-15-17-18(23-19)22-16-21-17/h15-16H,2-14H2,1H3,(H,20,21,22,23). The Hall–Kier alpha value is -1.65. The van der Waals surface area contributed by atoms with E-state index in [0.29, 0.717) is 18.3 Å². The third kappa shape index (κ3) is 7.28. The van der Waals surface area contributed by atoms with Crippen molar-refractivity contribution in [1.82, 2.24) is 19.9 Å². The van der Waals surface area contributed by atoms with Crippen LogP contribution in [0.25, 0.3) is 11.2 Å². The number of fused-ring (bicyclic) bond motifs is 1. The molecule has 0 saturated heterocycles. The predicted molar refractivity (Wildman–Crippen MR) is 98.3 cm³/mol. The van der Waals surface area contributed by atoms with E-state index in [1.165, 1.54) is 70.6 Å². The van der Waals surface area contributed by atoms with Crippen LogP contribution in [0.15, 0.2) is 12.5 Å². The molecular weight excluding hydrogens is 300 g/mol. The first-order chi connectivity index (χ1) is 11.9. The number of nitrogens with one attached hydrogen (secondary N) is 1. The van der Waals surface area contributed by atoms with E-state index in [-0.39, 0.29) is 0 Å². The van der Waals surface area contributed by atoms with Crippen molar-refractivity contribution in [3.8, 4) is 6.01 Å². The SMILES string of the molecule is CCCCCCCCCCCCCCOc1ncc2[nH]cnc2n1. The van der Waals surface area contributed by atoms with Gasteiger partial charge in [0, 0.05) is 0 Å². The summed E-state index contributed by atoms with van der Waals surface area (Å²) >= 11 is 0. The molecule has 0 aromatic carbocycles. The Kier molecular flexibility index (Phi) is 9.20. The third-order valence-electron chi connectivity index (χ3n) is 4.38. The highest BCUT2D eigenvalue weighted by Crippen LogP contribution is 2.13.